The fraction of sp³-hybridized carbons (Fsp3) is 0.304. The summed E-state index contributed by atoms with van der Waals surface area (Å²) in [6.07, 6.45) is 0. The third-order valence-electron chi connectivity index (χ3n) is 5.15. The van der Waals surface area contributed by atoms with Crippen LogP contribution in [0.5, 0.6) is 0 Å². The van der Waals surface area contributed by atoms with Crippen LogP contribution in [0, 0.1) is 23.0 Å². The van der Waals surface area contributed by atoms with Crippen LogP contribution in [0.25, 0.3) is 0 Å². The van der Waals surface area contributed by atoms with Crippen LogP contribution in [0.4, 0.5) is 11.4 Å². The fourth-order valence-electron chi connectivity index (χ4n) is 3.30. The standard InChI is InChI=1S/C23H25ClN6O4S/c1-13(2)20(26-22(32)15-7-5-6-14(3)10-15)21-27-28-23(29(21)4)35-12-19(31)25-18-11-16(30(33)34)8-9-17(18)24/h5-11,13,20H,12H2,1-4H3,(H,25,31)(H,26,32)/t20-/m0/s1. The Balaban J connectivity index is 1.68. The second-order valence-corrected chi connectivity index (χ2v) is 9.57. The second kappa shape index (κ2) is 11.3. The van der Waals surface area contributed by atoms with E-state index in [0.717, 1.165) is 17.3 Å². The van der Waals surface area contributed by atoms with E-state index in [2.05, 4.69) is 20.8 Å². The van der Waals surface area contributed by atoms with Gasteiger partial charge < -0.3 is 15.2 Å². The van der Waals surface area contributed by atoms with Gasteiger partial charge in [-0.25, -0.2) is 0 Å². The van der Waals surface area contributed by atoms with Gasteiger partial charge in [-0.3, -0.25) is 19.7 Å². The first-order valence-corrected chi connectivity index (χ1v) is 12.1. The van der Waals surface area contributed by atoms with Crippen molar-refractivity contribution in [3.05, 3.63) is 74.6 Å². The van der Waals surface area contributed by atoms with Gasteiger partial charge in [-0.15, -0.1) is 10.2 Å². The van der Waals surface area contributed by atoms with Gasteiger partial charge in [0.05, 0.1) is 27.4 Å². The predicted octanol–water partition coefficient (Wildman–Crippen LogP) is 4.54. The Hall–Kier alpha value is -3.44. The molecule has 0 radical (unpaired) electrons. The summed E-state index contributed by atoms with van der Waals surface area (Å²) in [6, 6.07) is 10.7. The van der Waals surface area contributed by atoms with Gasteiger partial charge in [0.15, 0.2) is 11.0 Å². The lowest BCUT2D eigenvalue weighted by atomic mass is 10.0. The van der Waals surface area contributed by atoms with Crippen molar-refractivity contribution in [2.75, 3.05) is 11.1 Å². The molecule has 3 rings (SSSR count). The van der Waals surface area contributed by atoms with Crippen LogP contribution in [-0.4, -0.2) is 37.3 Å². The molecule has 0 spiro atoms. The highest BCUT2D eigenvalue weighted by Gasteiger charge is 2.25. The molecule has 2 N–H and O–H groups in total. The number of nitrogens with zero attached hydrogens (tertiary/aromatic N) is 4. The van der Waals surface area contributed by atoms with E-state index in [0.29, 0.717) is 16.5 Å². The Morgan fingerprint density at radius 3 is 2.60 bits per heavy atom. The van der Waals surface area contributed by atoms with E-state index in [4.69, 9.17) is 11.6 Å². The van der Waals surface area contributed by atoms with Crippen molar-refractivity contribution < 1.29 is 14.5 Å². The number of halogens is 1. The number of hydrogen-bond acceptors (Lipinski definition) is 7. The van der Waals surface area contributed by atoms with Crippen molar-refractivity contribution in [3.63, 3.8) is 0 Å². The number of aryl methyl sites for hydroxylation is 1. The number of hydrogen-bond donors (Lipinski definition) is 2. The van der Waals surface area contributed by atoms with Gasteiger partial charge in [-0.2, -0.15) is 0 Å². The van der Waals surface area contributed by atoms with E-state index in [9.17, 15) is 19.7 Å². The summed E-state index contributed by atoms with van der Waals surface area (Å²) in [6.45, 7) is 5.86. The van der Waals surface area contributed by atoms with E-state index in [-0.39, 0.29) is 34.0 Å². The van der Waals surface area contributed by atoms with Gasteiger partial charge in [0, 0.05) is 24.7 Å². The van der Waals surface area contributed by atoms with Crippen LogP contribution in [0.2, 0.25) is 5.02 Å². The van der Waals surface area contributed by atoms with Crippen molar-refractivity contribution in [3.8, 4) is 0 Å². The minimum absolute atomic E-state index is 0.0208. The van der Waals surface area contributed by atoms with Crippen molar-refractivity contribution >= 4 is 46.6 Å². The normalized spacial score (nSPS) is 11.8. The lowest BCUT2D eigenvalue weighted by Gasteiger charge is -2.21. The van der Waals surface area contributed by atoms with Gasteiger partial charge in [-0.05, 0) is 31.0 Å². The van der Waals surface area contributed by atoms with E-state index >= 15 is 0 Å². The van der Waals surface area contributed by atoms with Gasteiger partial charge in [0.1, 0.15) is 0 Å². The van der Waals surface area contributed by atoms with Crippen LogP contribution in [-0.2, 0) is 11.8 Å². The number of benzene rings is 2. The zero-order valence-electron chi connectivity index (χ0n) is 19.6. The Bertz CT molecular complexity index is 1260. The first kappa shape index (κ1) is 26.2. The summed E-state index contributed by atoms with van der Waals surface area (Å²) in [7, 11) is 1.77. The van der Waals surface area contributed by atoms with Gasteiger partial charge >= 0.3 is 0 Å². The SMILES string of the molecule is Cc1cccc(C(=O)N[C@H](c2nnc(SCC(=O)Nc3cc([N+](=O)[O-])ccc3Cl)n2C)C(C)C)c1. The number of thioether (sulfide) groups is 1. The molecule has 184 valence electrons. The zero-order valence-corrected chi connectivity index (χ0v) is 21.2. The smallest absolute Gasteiger partial charge is 0.271 e. The molecule has 0 aliphatic rings. The molecule has 35 heavy (non-hydrogen) atoms. The second-order valence-electron chi connectivity index (χ2n) is 8.22. The highest BCUT2D eigenvalue weighted by Crippen LogP contribution is 2.28. The molecule has 2 amide bonds. The molecule has 10 nitrogen and oxygen atoms in total. The minimum atomic E-state index is -0.565. The summed E-state index contributed by atoms with van der Waals surface area (Å²) < 4.78 is 1.74. The number of carbonyl (C=O) groups excluding carboxylic acids is 2. The van der Waals surface area contributed by atoms with E-state index in [1.165, 1.54) is 18.2 Å². The van der Waals surface area contributed by atoms with Crippen LogP contribution >= 0.6 is 23.4 Å². The molecule has 1 heterocycles. The van der Waals surface area contributed by atoms with E-state index in [1.54, 1.807) is 17.7 Å². The number of nitro groups is 1. The molecular weight excluding hydrogens is 492 g/mol. The van der Waals surface area contributed by atoms with Crippen LogP contribution in [0.15, 0.2) is 47.6 Å². The number of nitro benzene ring substituents is 1. The van der Waals surface area contributed by atoms with Gasteiger partial charge in [-0.1, -0.05) is 54.9 Å². The molecule has 0 saturated heterocycles. The minimum Gasteiger partial charge on any atom is -0.342 e. The molecule has 0 aliphatic heterocycles. The summed E-state index contributed by atoms with van der Waals surface area (Å²) >= 11 is 7.19. The first-order chi connectivity index (χ1) is 16.6. The molecular formula is C23H25ClN6O4S. The van der Waals surface area contributed by atoms with Crippen molar-refractivity contribution in [1.82, 2.24) is 20.1 Å². The Morgan fingerprint density at radius 1 is 1.20 bits per heavy atom. The van der Waals surface area contributed by atoms with Crippen LogP contribution in [0.3, 0.4) is 0 Å². The average Bonchev–Trinajstić information content (AvgIpc) is 3.16. The quantitative estimate of drug-likeness (QED) is 0.242. The summed E-state index contributed by atoms with van der Waals surface area (Å²) in [5, 5.41) is 25.7. The summed E-state index contributed by atoms with van der Waals surface area (Å²) in [4.78, 5) is 35.6. The number of non-ortho nitro benzene ring substituents is 1. The van der Waals surface area contributed by atoms with Crippen molar-refractivity contribution in [1.29, 1.82) is 0 Å². The lowest BCUT2D eigenvalue weighted by Crippen LogP contribution is -2.33. The van der Waals surface area contributed by atoms with Crippen LogP contribution < -0.4 is 10.6 Å². The van der Waals surface area contributed by atoms with E-state index in [1.807, 2.05) is 39.0 Å². The Kier molecular flexibility index (Phi) is 8.47. The molecule has 0 aliphatic carbocycles. The predicted molar refractivity (Wildman–Crippen MR) is 135 cm³/mol. The molecule has 2 aromatic carbocycles. The zero-order chi connectivity index (χ0) is 25.7. The van der Waals surface area contributed by atoms with Gasteiger partial charge in [0.25, 0.3) is 11.6 Å². The third kappa shape index (κ3) is 6.58. The first-order valence-electron chi connectivity index (χ1n) is 10.7. The Labute approximate surface area is 211 Å². The van der Waals surface area contributed by atoms with E-state index < -0.39 is 16.9 Å². The van der Waals surface area contributed by atoms with Gasteiger partial charge in [0.2, 0.25) is 5.91 Å². The molecule has 1 aromatic heterocycles. The van der Waals surface area contributed by atoms with Crippen molar-refractivity contribution in [2.45, 2.75) is 32.0 Å². The third-order valence-corrected chi connectivity index (χ3v) is 6.50. The highest BCUT2D eigenvalue weighted by molar-refractivity contribution is 7.99. The maximum absolute atomic E-state index is 12.8. The molecule has 0 unspecified atom stereocenters. The molecule has 1 atom stereocenters. The number of anilines is 1. The van der Waals surface area contributed by atoms with Crippen molar-refractivity contribution in [2.24, 2.45) is 13.0 Å². The summed E-state index contributed by atoms with van der Waals surface area (Å²) in [5.41, 5.74) is 1.52. The molecule has 3 aromatic rings. The number of amides is 2. The topological polar surface area (TPSA) is 132 Å². The number of carbonyl (C=O) groups is 2. The Morgan fingerprint density at radius 2 is 1.94 bits per heavy atom. The van der Waals surface area contributed by atoms with Crippen LogP contribution in [0.1, 0.15) is 41.6 Å². The molecule has 0 saturated carbocycles. The summed E-state index contributed by atoms with van der Waals surface area (Å²) in [5.74, 6) is -0.0464. The average molecular weight is 517 g/mol. The lowest BCUT2D eigenvalue weighted by molar-refractivity contribution is -0.384. The molecule has 12 heteroatoms. The fourth-order valence-corrected chi connectivity index (χ4v) is 4.18. The largest absolute Gasteiger partial charge is 0.342 e. The number of nitrogens with one attached hydrogen (secondary N) is 2. The highest BCUT2D eigenvalue weighted by atomic mass is 35.5. The maximum atomic E-state index is 12.8. The number of rotatable bonds is 9. The molecule has 0 fully saturated rings. The number of aromatic nitrogens is 3. The maximum Gasteiger partial charge on any atom is 0.271 e. The monoisotopic (exact) mass is 516 g/mol. The molecule has 0 bridgehead atoms.